The number of aromatic nitrogens is 1. The molecule has 5 heterocycles. The molecule has 4 atom stereocenters. The fraction of sp³-hybridized carbons (Fsp3) is 0.130. The smallest absolute Gasteiger partial charge is 0.200 e. The molecule has 4 aromatic carbocycles. The number of nitrogens with one attached hydrogen (secondary N) is 2. The van der Waals surface area contributed by atoms with E-state index in [-0.39, 0.29) is 28.5 Å². The van der Waals surface area contributed by atoms with Crippen LogP contribution in [0, 0.1) is 58.2 Å². The summed E-state index contributed by atoms with van der Waals surface area (Å²) in [4.78, 5) is 12.8. The van der Waals surface area contributed by atoms with Gasteiger partial charge in [0, 0.05) is 28.2 Å². The van der Waals surface area contributed by atoms with Crippen LogP contribution in [0.3, 0.4) is 0 Å². The van der Waals surface area contributed by atoms with Gasteiger partial charge in [0.2, 0.25) is 11.6 Å². The second kappa shape index (κ2) is 14.0. The summed E-state index contributed by atoms with van der Waals surface area (Å²) in [7, 11) is 0. The molecule has 8 bridgehead atoms. The molecule has 302 valence electrons. The Morgan fingerprint density at radius 1 is 0.517 bits per heavy atom. The zero-order chi connectivity index (χ0) is 42.4. The highest BCUT2D eigenvalue weighted by molar-refractivity contribution is 6.31. The number of nitrogens with zero attached hydrogens (tertiary/aromatic N) is 2. The minimum atomic E-state index is -2.34. The van der Waals surface area contributed by atoms with Gasteiger partial charge in [-0.15, -0.1) is 0 Å². The molecule has 0 saturated carbocycles. The van der Waals surface area contributed by atoms with Gasteiger partial charge in [-0.2, -0.15) is 0 Å². The van der Waals surface area contributed by atoms with Crippen LogP contribution in [0.4, 0.5) is 43.9 Å². The third kappa shape index (κ3) is 5.52. The summed E-state index contributed by atoms with van der Waals surface area (Å²) in [5.74, 6) is -21.6. The minimum Gasteiger partial charge on any atom is -0.377 e. The first-order valence-corrected chi connectivity index (χ1v) is 18.5. The molecule has 4 aliphatic rings. The third-order valence-electron chi connectivity index (χ3n) is 11.8. The van der Waals surface area contributed by atoms with E-state index in [2.05, 4.69) is 10.3 Å². The monoisotopic (exact) mass is 826 g/mol. The fourth-order valence-corrected chi connectivity index (χ4v) is 8.46. The van der Waals surface area contributed by atoms with Crippen LogP contribution < -0.4 is 5.32 Å². The molecule has 1 aromatic heterocycles. The number of halogens is 10. The first kappa shape index (κ1) is 38.8. The Bertz CT molecular complexity index is 2830. The van der Waals surface area contributed by atoms with Gasteiger partial charge in [-0.1, -0.05) is 72.8 Å². The lowest BCUT2D eigenvalue weighted by molar-refractivity contribution is 0.376. The zero-order valence-corrected chi connectivity index (χ0v) is 31.2. The second-order valence-corrected chi connectivity index (χ2v) is 15.0. The topological polar surface area (TPSA) is 52.5 Å². The van der Waals surface area contributed by atoms with Gasteiger partial charge in [-0.05, 0) is 61.4 Å². The molecular weight excluding hydrogens is 799 g/mol. The van der Waals surface area contributed by atoms with Crippen LogP contribution in [-0.4, -0.2) is 28.5 Å². The average Bonchev–Trinajstić information content (AvgIpc) is 4.12. The first-order chi connectivity index (χ1) is 28.7. The van der Waals surface area contributed by atoms with Gasteiger partial charge in [0.05, 0.1) is 51.2 Å². The molecule has 5 aromatic rings. The summed E-state index contributed by atoms with van der Waals surface area (Å²) in [6.07, 6.45) is 8.82. The molecule has 0 radical (unpaired) electrons. The van der Waals surface area contributed by atoms with E-state index in [1.807, 2.05) is 0 Å². The highest BCUT2D eigenvalue weighted by Crippen LogP contribution is 2.45. The van der Waals surface area contributed by atoms with Crippen molar-refractivity contribution in [1.82, 2.24) is 10.3 Å². The molecule has 2 N–H and O–H groups in total. The van der Waals surface area contributed by atoms with Crippen molar-refractivity contribution in [3.63, 3.8) is 0 Å². The Balaban J connectivity index is 1.39. The number of benzene rings is 4. The standard InChI is InChI=1S/C46H28F10N4/c1-45(21-9-5-3-6-10-21)27-17-13-23(57-27)31(33-35(47)39(51)43(55)40(52)36(33)48)25-15-19-29(59-25)46(2,22-11-7-4-8-12-22)30-20-16-26(60-30)32(24-14-18-28(45)58-24)34-37(49)41(53)44(56)42(54)38(34)50/h3-20,27,29,57-58H,1-2H3/b31-23+,32-26+/t27?,29?,45-,46-/m0/s1. The van der Waals surface area contributed by atoms with Gasteiger partial charge in [-0.25, -0.2) is 43.9 Å². The van der Waals surface area contributed by atoms with Crippen molar-refractivity contribution in [2.24, 2.45) is 9.98 Å². The van der Waals surface area contributed by atoms with Crippen molar-refractivity contribution in [3.05, 3.63) is 212 Å². The van der Waals surface area contributed by atoms with E-state index in [0.717, 1.165) is 0 Å². The Morgan fingerprint density at radius 2 is 1.03 bits per heavy atom. The van der Waals surface area contributed by atoms with Gasteiger partial charge >= 0.3 is 0 Å². The Kier molecular flexibility index (Phi) is 9.03. The summed E-state index contributed by atoms with van der Waals surface area (Å²) < 4.78 is 153. The second-order valence-electron chi connectivity index (χ2n) is 15.0. The molecule has 0 fully saturated rings. The number of rotatable bonds is 4. The lowest BCUT2D eigenvalue weighted by Crippen LogP contribution is -2.44. The van der Waals surface area contributed by atoms with E-state index in [0.29, 0.717) is 16.8 Å². The lowest BCUT2D eigenvalue weighted by Gasteiger charge is -2.36. The van der Waals surface area contributed by atoms with E-state index in [9.17, 15) is 8.78 Å². The molecule has 0 spiro atoms. The van der Waals surface area contributed by atoms with Crippen LogP contribution in [-0.2, 0) is 10.8 Å². The van der Waals surface area contributed by atoms with Crippen molar-refractivity contribution in [2.75, 3.05) is 0 Å². The average molecular weight is 827 g/mol. The number of H-pyrrole nitrogens is 1. The van der Waals surface area contributed by atoms with Crippen molar-refractivity contribution < 1.29 is 43.9 Å². The summed E-state index contributed by atoms with van der Waals surface area (Å²) in [6, 6.07) is 18.3. The Labute approximate surface area is 335 Å². The highest BCUT2D eigenvalue weighted by atomic mass is 19.2. The van der Waals surface area contributed by atoms with Crippen LogP contribution >= 0.6 is 0 Å². The maximum atomic E-state index is 15.9. The van der Waals surface area contributed by atoms with Crippen molar-refractivity contribution >= 4 is 22.6 Å². The SMILES string of the molecule is C[C@@]1(c2ccccc2)c2ccc([nH]2)/C(c2c(F)c(F)c(F)c(F)c2F)=C2/C=CC(=N2)[C@@](C)(c2ccccc2)C2C=CC(=N2)/C(c2c(F)c(F)c(F)c(F)c2F)=C2/C=CC1N2. The van der Waals surface area contributed by atoms with Gasteiger partial charge in [0.1, 0.15) is 0 Å². The van der Waals surface area contributed by atoms with Gasteiger partial charge < -0.3 is 10.3 Å². The van der Waals surface area contributed by atoms with E-state index in [1.54, 1.807) is 92.7 Å². The molecule has 0 saturated heterocycles. The zero-order valence-electron chi connectivity index (χ0n) is 31.2. The number of hydrogen-bond donors (Lipinski definition) is 2. The number of aliphatic imine (C=N–C) groups is 2. The minimum absolute atomic E-state index is 0.0583. The van der Waals surface area contributed by atoms with Gasteiger partial charge in [0.15, 0.2) is 46.5 Å². The van der Waals surface area contributed by atoms with Gasteiger partial charge in [0.25, 0.3) is 0 Å². The highest BCUT2D eigenvalue weighted by Gasteiger charge is 2.45. The Morgan fingerprint density at radius 3 is 1.60 bits per heavy atom. The van der Waals surface area contributed by atoms with Crippen LogP contribution in [0.1, 0.15) is 47.5 Å². The molecule has 4 aliphatic heterocycles. The number of fused-ring (bicyclic) bond motifs is 6. The molecule has 9 rings (SSSR count). The lowest BCUT2D eigenvalue weighted by atomic mass is 9.72. The first-order valence-electron chi connectivity index (χ1n) is 18.5. The predicted molar refractivity (Wildman–Crippen MR) is 206 cm³/mol. The van der Waals surface area contributed by atoms with Crippen LogP contribution in [0.2, 0.25) is 0 Å². The van der Waals surface area contributed by atoms with Crippen molar-refractivity contribution in [3.8, 4) is 0 Å². The maximum Gasteiger partial charge on any atom is 0.200 e. The van der Waals surface area contributed by atoms with E-state index >= 15 is 35.1 Å². The molecule has 14 heteroatoms. The van der Waals surface area contributed by atoms with Crippen molar-refractivity contribution in [2.45, 2.75) is 36.8 Å². The normalized spacial score (nSPS) is 25.5. The molecule has 2 unspecified atom stereocenters. The third-order valence-corrected chi connectivity index (χ3v) is 11.8. The summed E-state index contributed by atoms with van der Waals surface area (Å²) in [6.45, 7) is 3.44. The van der Waals surface area contributed by atoms with E-state index < -0.39 is 103 Å². The van der Waals surface area contributed by atoms with Crippen LogP contribution in [0.25, 0.3) is 11.1 Å². The predicted octanol–water partition coefficient (Wildman–Crippen LogP) is 10.8. The molecule has 60 heavy (non-hydrogen) atoms. The van der Waals surface area contributed by atoms with E-state index in [1.165, 1.54) is 30.4 Å². The summed E-state index contributed by atoms with van der Waals surface area (Å²) >= 11 is 0. The van der Waals surface area contributed by atoms with E-state index in [4.69, 9.17) is 9.98 Å². The largest absolute Gasteiger partial charge is 0.377 e. The fourth-order valence-electron chi connectivity index (χ4n) is 8.46. The number of aromatic amines is 1. The molecule has 0 aliphatic carbocycles. The maximum absolute atomic E-state index is 15.9. The molecule has 4 nitrogen and oxygen atoms in total. The molecular formula is C46H28F10N4. The quantitative estimate of drug-likeness (QED) is 0.106. The van der Waals surface area contributed by atoms with Crippen molar-refractivity contribution in [1.29, 1.82) is 0 Å². The molecule has 0 amide bonds. The number of hydrogen-bond acceptors (Lipinski definition) is 3. The Hall–Kier alpha value is -6.70. The number of allylic oxidation sites excluding steroid dienone is 5. The summed E-state index contributed by atoms with van der Waals surface area (Å²) in [5.41, 5.74) is -4.77. The van der Waals surface area contributed by atoms with Gasteiger partial charge in [-0.3, -0.25) is 9.98 Å². The van der Waals surface area contributed by atoms with Crippen LogP contribution in [0.15, 0.2) is 131 Å². The summed E-state index contributed by atoms with van der Waals surface area (Å²) in [5, 5.41) is 3.22. The van der Waals surface area contributed by atoms with Crippen LogP contribution in [0.5, 0.6) is 0 Å².